The van der Waals surface area contributed by atoms with Crippen molar-refractivity contribution in [1.82, 2.24) is 10.2 Å². The summed E-state index contributed by atoms with van der Waals surface area (Å²) in [7, 11) is 0. The summed E-state index contributed by atoms with van der Waals surface area (Å²) in [5, 5.41) is 3.27. The Balaban J connectivity index is 1.16. The number of carbonyl (C=O) groups excluding carboxylic acids is 2. The van der Waals surface area contributed by atoms with Crippen LogP contribution in [-0.4, -0.2) is 48.6 Å². The van der Waals surface area contributed by atoms with Crippen LogP contribution < -0.4 is 10.1 Å². The van der Waals surface area contributed by atoms with Gasteiger partial charge in [0.15, 0.2) is 5.92 Å². The lowest BCUT2D eigenvalue weighted by Crippen LogP contribution is -2.44. The molecule has 0 aromatic heterocycles. The molecule has 1 atom stereocenters. The lowest BCUT2D eigenvalue weighted by Gasteiger charge is -2.35. The number of piperidine rings is 1. The van der Waals surface area contributed by atoms with Gasteiger partial charge in [0.1, 0.15) is 5.75 Å². The molecule has 2 aromatic rings. The molecule has 4 rings (SSSR count). The lowest BCUT2D eigenvalue weighted by molar-refractivity contribution is -0.172. The van der Waals surface area contributed by atoms with E-state index in [0.29, 0.717) is 54.8 Å². The van der Waals surface area contributed by atoms with E-state index >= 15 is 0 Å². The van der Waals surface area contributed by atoms with Crippen molar-refractivity contribution in [3.8, 4) is 5.75 Å². The first-order valence-electron chi connectivity index (χ1n) is 12.9. The molecule has 1 saturated heterocycles. The standard InChI is InChI=1S/C28H32ClF3N2O3/c29-24-18-22(11-12-23(24)26(35)33-21-9-10-21)37-17-5-4-6-19-13-15-34(16-14-19)27(36)25(28(30,31)32)20-7-2-1-3-8-20/h1-3,7-8,11-12,18-19,21,25H,4-6,9-10,13-17H2,(H,33,35). The molecule has 1 aliphatic heterocycles. The van der Waals surface area contributed by atoms with Gasteiger partial charge in [-0.1, -0.05) is 48.4 Å². The van der Waals surface area contributed by atoms with Gasteiger partial charge in [-0.2, -0.15) is 13.2 Å². The molecular formula is C28H32ClF3N2O3. The van der Waals surface area contributed by atoms with Gasteiger partial charge >= 0.3 is 6.18 Å². The highest BCUT2D eigenvalue weighted by atomic mass is 35.5. The number of carbonyl (C=O) groups is 2. The highest BCUT2D eigenvalue weighted by molar-refractivity contribution is 6.34. The summed E-state index contributed by atoms with van der Waals surface area (Å²) >= 11 is 6.25. The summed E-state index contributed by atoms with van der Waals surface area (Å²) in [5.74, 6) is -2.15. The van der Waals surface area contributed by atoms with Gasteiger partial charge in [-0.05, 0) is 68.2 Å². The number of hydrogen-bond donors (Lipinski definition) is 1. The van der Waals surface area contributed by atoms with Crippen LogP contribution in [0.3, 0.4) is 0 Å². The second-order valence-electron chi connectivity index (χ2n) is 9.89. The van der Waals surface area contributed by atoms with Crippen LogP contribution in [-0.2, 0) is 4.79 Å². The fourth-order valence-electron chi connectivity index (χ4n) is 4.73. The minimum atomic E-state index is -4.62. The first-order valence-corrected chi connectivity index (χ1v) is 13.2. The molecular weight excluding hydrogens is 505 g/mol. The molecule has 0 spiro atoms. The smallest absolute Gasteiger partial charge is 0.404 e. The molecule has 0 radical (unpaired) electrons. The van der Waals surface area contributed by atoms with Gasteiger partial charge in [-0.25, -0.2) is 0 Å². The molecule has 1 aliphatic carbocycles. The normalized spacial score (nSPS) is 17.4. The van der Waals surface area contributed by atoms with Gasteiger partial charge in [0, 0.05) is 19.1 Å². The van der Waals surface area contributed by atoms with Crippen LogP contribution in [0.4, 0.5) is 13.2 Å². The third kappa shape index (κ3) is 7.63. The van der Waals surface area contributed by atoms with Crippen molar-refractivity contribution in [2.75, 3.05) is 19.7 Å². The van der Waals surface area contributed by atoms with Crippen LogP contribution in [0, 0.1) is 5.92 Å². The van der Waals surface area contributed by atoms with Crippen molar-refractivity contribution < 1.29 is 27.5 Å². The Labute approximate surface area is 220 Å². The number of alkyl halides is 3. The van der Waals surface area contributed by atoms with Crippen LogP contribution >= 0.6 is 11.6 Å². The second-order valence-corrected chi connectivity index (χ2v) is 10.3. The molecule has 2 aliphatic rings. The van der Waals surface area contributed by atoms with E-state index in [1.54, 1.807) is 24.3 Å². The summed E-state index contributed by atoms with van der Waals surface area (Å²) < 4.78 is 46.8. The highest BCUT2D eigenvalue weighted by Gasteiger charge is 2.47. The first kappa shape index (κ1) is 27.3. The number of amides is 2. The predicted octanol–water partition coefficient (Wildman–Crippen LogP) is 6.37. The van der Waals surface area contributed by atoms with Crippen LogP contribution in [0.15, 0.2) is 48.5 Å². The van der Waals surface area contributed by atoms with Crippen molar-refractivity contribution in [2.24, 2.45) is 5.92 Å². The van der Waals surface area contributed by atoms with Crippen molar-refractivity contribution in [3.05, 3.63) is 64.7 Å². The van der Waals surface area contributed by atoms with Gasteiger partial charge in [0.05, 0.1) is 17.2 Å². The fraction of sp³-hybridized carbons (Fsp3) is 0.500. The number of ether oxygens (including phenoxy) is 1. The van der Waals surface area contributed by atoms with E-state index in [-0.39, 0.29) is 17.5 Å². The Bertz CT molecular complexity index is 1070. The minimum Gasteiger partial charge on any atom is -0.494 e. The van der Waals surface area contributed by atoms with Gasteiger partial charge < -0.3 is 15.0 Å². The third-order valence-electron chi connectivity index (χ3n) is 7.01. The molecule has 1 N–H and O–H groups in total. The molecule has 200 valence electrons. The lowest BCUT2D eigenvalue weighted by atomic mass is 9.90. The quantitative estimate of drug-likeness (QED) is 0.359. The van der Waals surface area contributed by atoms with Gasteiger partial charge in [-0.3, -0.25) is 9.59 Å². The number of nitrogens with zero attached hydrogens (tertiary/aromatic N) is 1. The Morgan fingerprint density at radius 2 is 1.73 bits per heavy atom. The van der Waals surface area contributed by atoms with E-state index in [9.17, 15) is 22.8 Å². The number of rotatable bonds is 10. The molecule has 2 amide bonds. The summed E-state index contributed by atoms with van der Waals surface area (Å²) in [5.41, 5.74) is 0.427. The van der Waals surface area contributed by atoms with E-state index in [2.05, 4.69) is 5.32 Å². The average molecular weight is 537 g/mol. The monoisotopic (exact) mass is 536 g/mol. The molecule has 1 saturated carbocycles. The topological polar surface area (TPSA) is 58.6 Å². The zero-order valence-corrected chi connectivity index (χ0v) is 21.4. The maximum atomic E-state index is 13.7. The second kappa shape index (κ2) is 12.2. The van der Waals surface area contributed by atoms with Crippen molar-refractivity contribution in [1.29, 1.82) is 0 Å². The Hall–Kier alpha value is -2.74. The molecule has 1 unspecified atom stereocenters. The molecule has 37 heavy (non-hydrogen) atoms. The number of nitrogens with one attached hydrogen (secondary N) is 1. The molecule has 1 heterocycles. The number of benzene rings is 2. The van der Waals surface area contributed by atoms with Gasteiger partial charge in [-0.15, -0.1) is 0 Å². The van der Waals surface area contributed by atoms with E-state index in [1.165, 1.54) is 29.2 Å². The number of hydrogen-bond acceptors (Lipinski definition) is 3. The number of halogens is 4. The Morgan fingerprint density at radius 3 is 2.35 bits per heavy atom. The van der Waals surface area contributed by atoms with Crippen LogP contribution in [0.1, 0.15) is 66.8 Å². The van der Waals surface area contributed by atoms with E-state index in [1.807, 2.05) is 0 Å². The SMILES string of the molecule is O=C(NC1CC1)c1ccc(OCCCCC2CCN(C(=O)C(c3ccccc3)C(F)(F)F)CC2)cc1Cl. The van der Waals surface area contributed by atoms with Crippen LogP contribution in [0.5, 0.6) is 5.75 Å². The van der Waals surface area contributed by atoms with Crippen molar-refractivity contribution in [3.63, 3.8) is 0 Å². The average Bonchev–Trinajstić information content (AvgIpc) is 3.68. The molecule has 0 bridgehead atoms. The van der Waals surface area contributed by atoms with Crippen LogP contribution in [0.2, 0.25) is 5.02 Å². The summed E-state index contributed by atoms with van der Waals surface area (Å²) in [6.45, 7) is 1.20. The van der Waals surface area contributed by atoms with Gasteiger partial charge in [0.25, 0.3) is 5.91 Å². The molecule has 2 fully saturated rings. The third-order valence-corrected chi connectivity index (χ3v) is 7.32. The van der Waals surface area contributed by atoms with E-state index < -0.39 is 18.0 Å². The maximum Gasteiger partial charge on any atom is 0.404 e. The summed E-state index contributed by atoms with van der Waals surface area (Å²) in [4.78, 5) is 26.3. The van der Waals surface area contributed by atoms with Crippen LogP contribution in [0.25, 0.3) is 0 Å². The number of likely N-dealkylation sites (tertiary alicyclic amines) is 1. The first-order chi connectivity index (χ1) is 17.7. The maximum absolute atomic E-state index is 13.7. The number of unbranched alkanes of at least 4 members (excludes halogenated alkanes) is 1. The zero-order valence-electron chi connectivity index (χ0n) is 20.6. The molecule has 2 aromatic carbocycles. The zero-order chi connectivity index (χ0) is 26.4. The van der Waals surface area contributed by atoms with Crippen molar-refractivity contribution >= 4 is 23.4 Å². The Morgan fingerprint density at radius 1 is 1.03 bits per heavy atom. The van der Waals surface area contributed by atoms with Crippen molar-refractivity contribution in [2.45, 2.75) is 63.1 Å². The molecule has 9 heteroatoms. The summed E-state index contributed by atoms with van der Waals surface area (Å²) in [6.07, 6.45) is 1.48. The van der Waals surface area contributed by atoms with E-state index in [0.717, 1.165) is 32.1 Å². The Kier molecular flexibility index (Phi) is 9.00. The van der Waals surface area contributed by atoms with Gasteiger partial charge in [0.2, 0.25) is 5.91 Å². The summed E-state index contributed by atoms with van der Waals surface area (Å²) in [6, 6.07) is 12.7. The van der Waals surface area contributed by atoms with E-state index in [4.69, 9.17) is 16.3 Å². The fourth-order valence-corrected chi connectivity index (χ4v) is 4.98. The molecule has 5 nitrogen and oxygen atoms in total. The minimum absolute atomic E-state index is 0.0143. The highest BCUT2D eigenvalue weighted by Crippen LogP contribution is 2.37. The predicted molar refractivity (Wildman–Crippen MR) is 136 cm³/mol. The largest absolute Gasteiger partial charge is 0.494 e.